The van der Waals surface area contributed by atoms with E-state index in [1.165, 1.54) is 5.56 Å². The number of hydrogen-bond acceptors (Lipinski definition) is 2. The Morgan fingerprint density at radius 1 is 1.20 bits per heavy atom. The van der Waals surface area contributed by atoms with Gasteiger partial charge < -0.3 is 0 Å². The van der Waals surface area contributed by atoms with Crippen LogP contribution in [0.1, 0.15) is 25.8 Å². The number of benzene rings is 1. The molecule has 1 aromatic carbocycles. The number of hydrogen-bond donors (Lipinski definition) is 0. The van der Waals surface area contributed by atoms with Gasteiger partial charge in [0, 0.05) is 18.7 Å². The zero-order valence-electron chi connectivity index (χ0n) is 9.36. The fraction of sp³-hybridized carbons (Fsp3) is 0.385. The molecule has 15 heavy (non-hydrogen) atoms. The van der Waals surface area contributed by atoms with E-state index in [-0.39, 0.29) is 5.78 Å². The molecule has 0 N–H and O–H groups in total. The first-order valence-corrected chi connectivity index (χ1v) is 5.22. The van der Waals surface area contributed by atoms with Crippen LogP contribution in [0.15, 0.2) is 35.3 Å². The molecule has 0 saturated heterocycles. The Balaban J connectivity index is 2.35. The van der Waals surface area contributed by atoms with E-state index in [4.69, 9.17) is 0 Å². The lowest BCUT2D eigenvalue weighted by atomic mass is 10.1. The van der Waals surface area contributed by atoms with Gasteiger partial charge in [0.1, 0.15) is 5.78 Å². The van der Waals surface area contributed by atoms with Crippen molar-refractivity contribution in [2.75, 3.05) is 6.54 Å². The first-order chi connectivity index (χ1) is 7.18. The molecule has 0 aliphatic heterocycles. The molecule has 0 unspecified atom stereocenters. The predicted octanol–water partition coefficient (Wildman–Crippen LogP) is 2.67. The average Bonchev–Trinajstić information content (AvgIpc) is 2.18. The number of Topliss-reactive ketones (excluding diaryl/α,β-unsaturated/α-hetero) is 1. The van der Waals surface area contributed by atoms with Crippen LogP contribution in [-0.4, -0.2) is 18.0 Å². The predicted molar refractivity (Wildman–Crippen MR) is 63.4 cm³/mol. The molecule has 0 aliphatic carbocycles. The molecule has 0 fully saturated rings. The van der Waals surface area contributed by atoms with E-state index in [9.17, 15) is 4.79 Å². The topological polar surface area (TPSA) is 29.4 Å². The normalized spacial score (nSPS) is 11.5. The Labute approximate surface area is 91.0 Å². The number of carbonyl (C=O) groups excluding carboxylic acids is 1. The van der Waals surface area contributed by atoms with Crippen molar-refractivity contribution in [3.8, 4) is 0 Å². The van der Waals surface area contributed by atoms with Crippen LogP contribution in [-0.2, 0) is 11.2 Å². The van der Waals surface area contributed by atoms with Gasteiger partial charge in [-0.25, -0.2) is 0 Å². The quantitative estimate of drug-likeness (QED) is 0.676. The smallest absolute Gasteiger partial charge is 0.135 e. The van der Waals surface area contributed by atoms with Crippen LogP contribution >= 0.6 is 0 Å². The summed E-state index contributed by atoms with van der Waals surface area (Å²) in [6.07, 6.45) is 1.42. The Morgan fingerprint density at radius 3 is 2.47 bits per heavy atom. The lowest BCUT2D eigenvalue weighted by Crippen LogP contribution is -2.01. The minimum absolute atomic E-state index is 0.177. The first kappa shape index (κ1) is 11.6. The summed E-state index contributed by atoms with van der Waals surface area (Å²) in [5.41, 5.74) is 2.22. The molecule has 80 valence electrons. The largest absolute Gasteiger partial charge is 0.300 e. The standard InChI is InChI=1S/C13H17NO/c1-11(10-12(2)15)14-9-8-13-6-4-3-5-7-13/h3-7H,8-10H2,1-2H3. The monoisotopic (exact) mass is 203 g/mol. The van der Waals surface area contributed by atoms with Crippen molar-refractivity contribution in [2.24, 2.45) is 4.99 Å². The van der Waals surface area contributed by atoms with Gasteiger partial charge in [0.15, 0.2) is 0 Å². The molecule has 1 aromatic rings. The van der Waals surface area contributed by atoms with Crippen LogP contribution in [0, 0.1) is 0 Å². The van der Waals surface area contributed by atoms with Crippen LogP contribution in [0.2, 0.25) is 0 Å². The van der Waals surface area contributed by atoms with E-state index in [0.29, 0.717) is 6.42 Å². The summed E-state index contributed by atoms with van der Waals surface area (Å²) in [5, 5.41) is 0. The highest BCUT2D eigenvalue weighted by Gasteiger charge is 1.96. The van der Waals surface area contributed by atoms with Gasteiger partial charge in [-0.15, -0.1) is 0 Å². The first-order valence-electron chi connectivity index (χ1n) is 5.22. The lowest BCUT2D eigenvalue weighted by Gasteiger charge is -1.99. The summed E-state index contributed by atoms with van der Waals surface area (Å²) in [7, 11) is 0. The van der Waals surface area contributed by atoms with Gasteiger partial charge in [-0.05, 0) is 25.8 Å². The third-order valence-electron chi connectivity index (χ3n) is 2.13. The highest BCUT2D eigenvalue weighted by Crippen LogP contribution is 2.00. The molecule has 0 heterocycles. The summed E-state index contributed by atoms with van der Waals surface area (Å²) in [5.74, 6) is 0.177. The van der Waals surface area contributed by atoms with Crippen LogP contribution in [0.25, 0.3) is 0 Å². The molecule has 2 nitrogen and oxygen atoms in total. The zero-order chi connectivity index (χ0) is 11.1. The zero-order valence-corrected chi connectivity index (χ0v) is 9.36. The van der Waals surface area contributed by atoms with Crippen molar-refractivity contribution in [3.05, 3.63) is 35.9 Å². The molecule has 0 amide bonds. The average molecular weight is 203 g/mol. The lowest BCUT2D eigenvalue weighted by molar-refractivity contribution is -0.115. The maximum absolute atomic E-state index is 10.8. The molecular weight excluding hydrogens is 186 g/mol. The summed E-state index contributed by atoms with van der Waals surface area (Å²) in [6.45, 7) is 4.27. The number of rotatable bonds is 5. The second kappa shape index (κ2) is 6.12. The Morgan fingerprint density at radius 2 is 1.87 bits per heavy atom. The number of carbonyl (C=O) groups is 1. The summed E-state index contributed by atoms with van der Waals surface area (Å²) >= 11 is 0. The van der Waals surface area contributed by atoms with E-state index >= 15 is 0 Å². The summed E-state index contributed by atoms with van der Waals surface area (Å²) < 4.78 is 0. The van der Waals surface area contributed by atoms with Crippen LogP contribution < -0.4 is 0 Å². The van der Waals surface area contributed by atoms with E-state index < -0.39 is 0 Å². The van der Waals surface area contributed by atoms with Crippen LogP contribution in [0.5, 0.6) is 0 Å². The van der Waals surface area contributed by atoms with E-state index in [1.807, 2.05) is 25.1 Å². The molecular formula is C13H17NO. The molecule has 0 aliphatic rings. The van der Waals surface area contributed by atoms with E-state index in [1.54, 1.807) is 6.92 Å². The minimum atomic E-state index is 0.177. The SMILES string of the molecule is CC(=O)CC(C)=NCCc1ccccc1. The number of ketones is 1. The number of nitrogens with zero attached hydrogens (tertiary/aromatic N) is 1. The maximum atomic E-state index is 10.8. The summed E-state index contributed by atoms with van der Waals surface area (Å²) in [6, 6.07) is 10.3. The third-order valence-corrected chi connectivity index (χ3v) is 2.13. The maximum Gasteiger partial charge on any atom is 0.135 e. The molecule has 0 atom stereocenters. The molecule has 0 bridgehead atoms. The van der Waals surface area contributed by atoms with Gasteiger partial charge >= 0.3 is 0 Å². The van der Waals surface area contributed by atoms with Crippen molar-refractivity contribution >= 4 is 11.5 Å². The molecule has 0 saturated carbocycles. The third kappa shape index (κ3) is 5.11. The van der Waals surface area contributed by atoms with Crippen LogP contribution in [0.3, 0.4) is 0 Å². The van der Waals surface area contributed by atoms with Gasteiger partial charge in [0.2, 0.25) is 0 Å². The molecule has 1 rings (SSSR count). The molecule has 0 aromatic heterocycles. The Hall–Kier alpha value is -1.44. The van der Waals surface area contributed by atoms with Crippen LogP contribution in [0.4, 0.5) is 0 Å². The molecule has 0 radical (unpaired) electrons. The fourth-order valence-electron chi connectivity index (χ4n) is 1.44. The highest BCUT2D eigenvalue weighted by molar-refractivity contribution is 5.99. The second-order valence-electron chi connectivity index (χ2n) is 3.73. The minimum Gasteiger partial charge on any atom is -0.300 e. The highest BCUT2D eigenvalue weighted by atomic mass is 16.1. The molecule has 0 spiro atoms. The van der Waals surface area contributed by atoms with Crippen molar-refractivity contribution in [1.29, 1.82) is 0 Å². The molecule has 2 heteroatoms. The van der Waals surface area contributed by atoms with Crippen molar-refractivity contribution in [2.45, 2.75) is 26.7 Å². The van der Waals surface area contributed by atoms with Gasteiger partial charge in [-0.2, -0.15) is 0 Å². The van der Waals surface area contributed by atoms with Gasteiger partial charge in [-0.3, -0.25) is 9.79 Å². The van der Waals surface area contributed by atoms with Crippen molar-refractivity contribution in [1.82, 2.24) is 0 Å². The number of aliphatic imine (C=N–C) groups is 1. The second-order valence-corrected chi connectivity index (χ2v) is 3.73. The summed E-state index contributed by atoms with van der Waals surface area (Å²) in [4.78, 5) is 15.2. The Bertz CT molecular complexity index is 341. The van der Waals surface area contributed by atoms with Gasteiger partial charge in [0.25, 0.3) is 0 Å². The Kier molecular flexibility index (Phi) is 4.75. The van der Waals surface area contributed by atoms with Crippen molar-refractivity contribution < 1.29 is 4.79 Å². The van der Waals surface area contributed by atoms with Crippen molar-refractivity contribution in [3.63, 3.8) is 0 Å². The van der Waals surface area contributed by atoms with Gasteiger partial charge in [-0.1, -0.05) is 30.3 Å². The van der Waals surface area contributed by atoms with Gasteiger partial charge in [0.05, 0.1) is 0 Å². The van der Waals surface area contributed by atoms with E-state index in [2.05, 4.69) is 17.1 Å². The fourth-order valence-corrected chi connectivity index (χ4v) is 1.44. The van der Waals surface area contributed by atoms with E-state index in [0.717, 1.165) is 18.7 Å².